The maximum atomic E-state index is 0. The first-order chi connectivity index (χ1) is 0. The van der Waals surface area contributed by atoms with E-state index < -0.39 is 0 Å². The first-order valence-electron chi connectivity index (χ1n) is 0. The van der Waals surface area contributed by atoms with Crippen molar-refractivity contribution in [2.45, 2.75) is 0 Å². The molecule has 0 aromatic heterocycles. The molecule has 6 heavy (non-hydrogen) atoms. The Labute approximate surface area is 123 Å². The molecule has 0 aromatic carbocycles. The van der Waals surface area contributed by atoms with Crippen LogP contribution in [0.25, 0.3) is 0 Å². The molecule has 0 saturated carbocycles. The summed E-state index contributed by atoms with van der Waals surface area (Å²) in [6.07, 6.45) is 0. The molecular formula is Fe5Sm. The summed E-state index contributed by atoms with van der Waals surface area (Å²) in [5, 5.41) is 0. The van der Waals surface area contributed by atoms with Gasteiger partial charge >= 0.3 is 0 Å². The second-order valence-corrected chi connectivity index (χ2v) is 0. The van der Waals surface area contributed by atoms with Crippen molar-refractivity contribution < 1.29 is 126 Å². The zero-order valence-electron chi connectivity index (χ0n) is 2.18. The minimum atomic E-state index is 0. The summed E-state index contributed by atoms with van der Waals surface area (Å²) < 4.78 is 0. The van der Waals surface area contributed by atoms with Crippen LogP contribution < -0.4 is 0 Å². The van der Waals surface area contributed by atoms with Gasteiger partial charge in [0.1, 0.15) is 0 Å². The largest absolute Gasteiger partial charge is 0 e. The summed E-state index contributed by atoms with van der Waals surface area (Å²) in [5.74, 6) is 0. The van der Waals surface area contributed by atoms with Crippen molar-refractivity contribution >= 4 is 0 Å². The average Bonchev–Trinajstić information content (AvgIpc) is 0. The van der Waals surface area contributed by atoms with Gasteiger partial charge in [-0.1, -0.05) is 0 Å². The summed E-state index contributed by atoms with van der Waals surface area (Å²) in [5.41, 5.74) is 0. The second kappa shape index (κ2) is 36.3. The predicted octanol–water partition coefficient (Wildman–Crippen LogP) is -0.0125. The minimum absolute atomic E-state index is 0. The number of hydrogen-bond acceptors (Lipinski definition) is 0. The summed E-state index contributed by atoms with van der Waals surface area (Å²) in [6, 6.07) is 0. The van der Waals surface area contributed by atoms with Crippen molar-refractivity contribution in [3.05, 3.63) is 0 Å². The minimum Gasteiger partial charge on any atom is 0 e. The van der Waals surface area contributed by atoms with Gasteiger partial charge in [0, 0.05) is 126 Å². The smallest absolute Gasteiger partial charge is 0 e. The van der Waals surface area contributed by atoms with E-state index in [4.69, 9.17) is 0 Å². The van der Waals surface area contributed by atoms with Crippen molar-refractivity contribution in [2.75, 3.05) is 0 Å². The van der Waals surface area contributed by atoms with Gasteiger partial charge in [0.2, 0.25) is 0 Å². The van der Waals surface area contributed by atoms with Crippen molar-refractivity contribution in [3.63, 3.8) is 0 Å². The number of rotatable bonds is 0. The second-order valence-electron chi connectivity index (χ2n) is 0. The molecule has 0 saturated heterocycles. The Balaban J connectivity index is 0. The zero-order valence-corrected chi connectivity index (χ0v) is 10.3. The molecule has 0 fully saturated rings. The molecule has 0 spiro atoms. The fourth-order valence-corrected chi connectivity index (χ4v) is 0. The Kier molecular flexibility index (Phi) is 310. The fraction of sp³-hybridized carbons (Fsp3) is 0. The van der Waals surface area contributed by atoms with E-state index in [-0.39, 0.29) is 126 Å². The topological polar surface area (TPSA) is 0 Å². The van der Waals surface area contributed by atoms with Crippen molar-refractivity contribution in [2.24, 2.45) is 0 Å². The molecule has 6 heteroatoms. The maximum Gasteiger partial charge on any atom is 0 e. The third kappa shape index (κ3) is 24.6. The Morgan fingerprint density at radius 1 is 0.333 bits per heavy atom. The van der Waals surface area contributed by atoms with Crippen molar-refractivity contribution in [1.82, 2.24) is 0 Å². The molecule has 0 unspecified atom stereocenters. The van der Waals surface area contributed by atoms with E-state index in [1.807, 2.05) is 0 Å². The van der Waals surface area contributed by atoms with Crippen LogP contribution in [0.15, 0.2) is 0 Å². The molecular weight excluding hydrogens is 430 g/mol. The van der Waals surface area contributed by atoms with Gasteiger partial charge in [-0.25, -0.2) is 0 Å². The van der Waals surface area contributed by atoms with Gasteiger partial charge in [0.25, 0.3) is 0 Å². The van der Waals surface area contributed by atoms with E-state index in [2.05, 4.69) is 0 Å². The summed E-state index contributed by atoms with van der Waals surface area (Å²) in [6.45, 7) is 0. The van der Waals surface area contributed by atoms with Gasteiger partial charge in [-0.05, 0) is 0 Å². The van der Waals surface area contributed by atoms with Crippen LogP contribution >= 0.6 is 0 Å². The van der Waals surface area contributed by atoms with Gasteiger partial charge in [-0.2, -0.15) is 0 Å². The van der Waals surface area contributed by atoms with E-state index >= 15 is 0 Å². The molecule has 0 heterocycles. The molecule has 0 nitrogen and oxygen atoms in total. The van der Waals surface area contributed by atoms with E-state index in [9.17, 15) is 0 Å². The molecule has 46 valence electrons. The summed E-state index contributed by atoms with van der Waals surface area (Å²) >= 11 is 0. The standard InChI is InChI=1S/5Fe.Sm. The summed E-state index contributed by atoms with van der Waals surface area (Å²) in [4.78, 5) is 0. The Bertz CT molecular complexity index is 3.90. The molecule has 0 aliphatic heterocycles. The van der Waals surface area contributed by atoms with Crippen LogP contribution in [0.1, 0.15) is 0 Å². The molecule has 0 radical (unpaired) electrons. The van der Waals surface area contributed by atoms with E-state index in [0.29, 0.717) is 0 Å². The van der Waals surface area contributed by atoms with E-state index in [1.165, 1.54) is 0 Å². The van der Waals surface area contributed by atoms with Gasteiger partial charge in [0.15, 0.2) is 0 Å². The first-order valence-corrected chi connectivity index (χ1v) is 0. The summed E-state index contributed by atoms with van der Waals surface area (Å²) in [7, 11) is 0. The van der Waals surface area contributed by atoms with Crippen LogP contribution in [0.5, 0.6) is 0 Å². The van der Waals surface area contributed by atoms with Crippen LogP contribution in [0.4, 0.5) is 0 Å². The Morgan fingerprint density at radius 2 is 0.333 bits per heavy atom. The fourth-order valence-electron chi connectivity index (χ4n) is 0. The quantitative estimate of drug-likeness (QED) is 0.475. The molecule has 0 rings (SSSR count). The van der Waals surface area contributed by atoms with Crippen LogP contribution in [0, 0.1) is 40.4 Å². The van der Waals surface area contributed by atoms with Gasteiger partial charge < -0.3 is 0 Å². The maximum absolute atomic E-state index is 0. The van der Waals surface area contributed by atoms with Gasteiger partial charge in [0.05, 0.1) is 0 Å². The third-order valence-corrected chi connectivity index (χ3v) is 0. The van der Waals surface area contributed by atoms with Crippen LogP contribution in [0.2, 0.25) is 0 Å². The SMILES string of the molecule is [Fe].[Fe].[Fe].[Fe].[Fe].[Sm]. The monoisotopic (exact) mass is 432 g/mol. The molecule has 0 atom stereocenters. The third-order valence-electron chi connectivity index (χ3n) is 0. The first kappa shape index (κ1) is 51.2. The molecule has 0 bridgehead atoms. The van der Waals surface area contributed by atoms with Gasteiger partial charge in [-0.3, -0.25) is 0 Å². The molecule has 0 aliphatic carbocycles. The molecule has 0 amide bonds. The van der Waals surface area contributed by atoms with E-state index in [0.717, 1.165) is 0 Å². The van der Waals surface area contributed by atoms with Crippen LogP contribution in [-0.4, -0.2) is 0 Å². The molecule has 0 aliphatic rings. The predicted molar refractivity (Wildman–Crippen MR) is 0 cm³/mol. The Hall–Kier alpha value is 3.94. The normalized spacial score (nSPS) is 0. The molecule has 0 aromatic rings. The molecule has 0 N–H and O–H groups in total. The zero-order chi connectivity index (χ0) is 0. The van der Waals surface area contributed by atoms with Crippen molar-refractivity contribution in [1.29, 1.82) is 0 Å². The van der Waals surface area contributed by atoms with E-state index in [1.54, 1.807) is 0 Å². The van der Waals surface area contributed by atoms with Crippen LogP contribution in [0.3, 0.4) is 0 Å². The van der Waals surface area contributed by atoms with Crippen LogP contribution in [-0.2, 0) is 85.3 Å². The number of hydrogen-bond donors (Lipinski definition) is 0. The van der Waals surface area contributed by atoms with Gasteiger partial charge in [-0.15, -0.1) is 0 Å². The Morgan fingerprint density at radius 3 is 0.333 bits per heavy atom. The average molecular weight is 430 g/mol. The van der Waals surface area contributed by atoms with Crippen molar-refractivity contribution in [3.8, 4) is 0 Å².